The van der Waals surface area contributed by atoms with Crippen LogP contribution in [0, 0.1) is 5.82 Å². The van der Waals surface area contributed by atoms with Gasteiger partial charge in [0.25, 0.3) is 0 Å². The number of aromatic hydroxyl groups is 1. The summed E-state index contributed by atoms with van der Waals surface area (Å²) >= 11 is 0. The molecule has 0 saturated carbocycles. The smallest absolute Gasteiger partial charge is 0.126 e. The lowest BCUT2D eigenvalue weighted by Crippen LogP contribution is -2.20. The molecule has 0 saturated heterocycles. The molecule has 0 spiro atoms. The van der Waals surface area contributed by atoms with Crippen molar-refractivity contribution in [2.75, 3.05) is 13.2 Å². The summed E-state index contributed by atoms with van der Waals surface area (Å²) in [5.74, 6) is -0.488. The molecule has 1 aromatic rings. The molecule has 3 nitrogen and oxygen atoms in total. The van der Waals surface area contributed by atoms with Crippen LogP contribution >= 0.6 is 0 Å². The normalized spacial score (nSPS) is 12.7. The molecule has 0 unspecified atom stereocenters. The molecule has 0 aliphatic rings. The number of hydrogen-bond donors (Lipinski definition) is 3. The zero-order valence-corrected chi connectivity index (χ0v) is 8.70. The summed E-state index contributed by atoms with van der Waals surface area (Å²) in [5, 5.41) is 21.2. The van der Waals surface area contributed by atoms with E-state index in [4.69, 9.17) is 5.11 Å². The van der Waals surface area contributed by atoms with Crippen molar-refractivity contribution in [3.05, 3.63) is 29.6 Å². The van der Waals surface area contributed by atoms with Crippen LogP contribution in [0.4, 0.5) is 4.39 Å². The molecule has 1 atom stereocenters. The summed E-state index contributed by atoms with van der Waals surface area (Å²) in [6, 6.07) is 3.91. The van der Waals surface area contributed by atoms with Gasteiger partial charge in [-0.05, 0) is 26.0 Å². The molecule has 0 aromatic heterocycles. The predicted octanol–water partition coefficient (Wildman–Crippen LogP) is 1.56. The van der Waals surface area contributed by atoms with Gasteiger partial charge in [0.15, 0.2) is 0 Å². The fourth-order valence-corrected chi connectivity index (χ4v) is 1.39. The maximum Gasteiger partial charge on any atom is 0.126 e. The molecule has 0 heterocycles. The lowest BCUT2D eigenvalue weighted by Gasteiger charge is -2.15. The fraction of sp³-hybridized carbons (Fsp3) is 0.455. The summed E-state index contributed by atoms with van der Waals surface area (Å²) in [6.07, 6.45) is 0.659. The highest BCUT2D eigenvalue weighted by Gasteiger charge is 2.09. The molecule has 0 amide bonds. The Morgan fingerprint density at radius 3 is 2.80 bits per heavy atom. The van der Waals surface area contributed by atoms with Crippen LogP contribution in [-0.4, -0.2) is 23.4 Å². The van der Waals surface area contributed by atoms with E-state index in [0.717, 1.165) is 6.07 Å². The van der Waals surface area contributed by atoms with E-state index in [9.17, 15) is 9.50 Å². The van der Waals surface area contributed by atoms with Crippen LogP contribution in [0.2, 0.25) is 0 Å². The van der Waals surface area contributed by atoms with E-state index in [1.54, 1.807) is 6.07 Å². The van der Waals surface area contributed by atoms with Crippen molar-refractivity contribution in [1.82, 2.24) is 5.32 Å². The standard InChI is InChI=1S/C11H16FNO2/c1-8(13-5-2-6-14)10-4-3-9(12)7-11(10)15/h3-4,7-8,13-15H,2,5-6H2,1H3/t8-/m1/s1. The van der Waals surface area contributed by atoms with Gasteiger partial charge in [0.05, 0.1) is 0 Å². The molecule has 0 radical (unpaired) electrons. The van der Waals surface area contributed by atoms with Gasteiger partial charge in [-0.1, -0.05) is 6.07 Å². The highest BCUT2D eigenvalue weighted by atomic mass is 19.1. The second-order valence-corrected chi connectivity index (χ2v) is 3.46. The van der Waals surface area contributed by atoms with Crippen molar-refractivity contribution in [2.24, 2.45) is 0 Å². The third-order valence-corrected chi connectivity index (χ3v) is 2.24. The minimum absolute atomic E-state index is 0.0426. The minimum atomic E-state index is -0.446. The largest absolute Gasteiger partial charge is 0.508 e. The summed E-state index contributed by atoms with van der Waals surface area (Å²) in [5.41, 5.74) is 0.661. The average molecular weight is 213 g/mol. The molecule has 0 fully saturated rings. The van der Waals surface area contributed by atoms with Crippen molar-refractivity contribution >= 4 is 0 Å². The Kier molecular flexibility index (Phi) is 4.52. The predicted molar refractivity (Wildman–Crippen MR) is 56.2 cm³/mol. The van der Waals surface area contributed by atoms with E-state index in [-0.39, 0.29) is 18.4 Å². The highest BCUT2D eigenvalue weighted by molar-refractivity contribution is 5.34. The maximum absolute atomic E-state index is 12.7. The number of aliphatic hydroxyl groups is 1. The number of benzene rings is 1. The van der Waals surface area contributed by atoms with Crippen molar-refractivity contribution in [3.63, 3.8) is 0 Å². The first-order chi connectivity index (χ1) is 7.15. The van der Waals surface area contributed by atoms with Crippen LogP contribution in [0.25, 0.3) is 0 Å². The van der Waals surface area contributed by atoms with Crippen LogP contribution in [0.15, 0.2) is 18.2 Å². The number of aliphatic hydroxyl groups excluding tert-OH is 1. The molecule has 4 heteroatoms. The fourth-order valence-electron chi connectivity index (χ4n) is 1.39. The molecule has 15 heavy (non-hydrogen) atoms. The van der Waals surface area contributed by atoms with Gasteiger partial charge in [0, 0.05) is 24.3 Å². The summed E-state index contributed by atoms with van der Waals surface area (Å²) in [4.78, 5) is 0. The van der Waals surface area contributed by atoms with Gasteiger partial charge in [-0.25, -0.2) is 4.39 Å². The molecule has 1 aromatic carbocycles. The number of rotatable bonds is 5. The topological polar surface area (TPSA) is 52.5 Å². The number of halogens is 1. The van der Waals surface area contributed by atoms with Crippen molar-refractivity contribution in [1.29, 1.82) is 0 Å². The van der Waals surface area contributed by atoms with E-state index in [1.807, 2.05) is 6.92 Å². The van der Waals surface area contributed by atoms with Crippen LogP contribution in [0.1, 0.15) is 24.9 Å². The average Bonchev–Trinajstić information content (AvgIpc) is 2.17. The van der Waals surface area contributed by atoms with Crippen molar-refractivity contribution < 1.29 is 14.6 Å². The number of hydrogen-bond acceptors (Lipinski definition) is 3. The molecule has 0 aliphatic heterocycles. The van der Waals surface area contributed by atoms with E-state index in [0.29, 0.717) is 18.5 Å². The maximum atomic E-state index is 12.7. The summed E-state index contributed by atoms with van der Waals surface area (Å²) in [6.45, 7) is 2.67. The van der Waals surface area contributed by atoms with Crippen molar-refractivity contribution in [3.8, 4) is 5.75 Å². The summed E-state index contributed by atoms with van der Waals surface area (Å²) in [7, 11) is 0. The van der Waals surface area contributed by atoms with Gasteiger partial charge in [-0.2, -0.15) is 0 Å². The van der Waals surface area contributed by atoms with Gasteiger partial charge >= 0.3 is 0 Å². The molecular weight excluding hydrogens is 197 g/mol. The Morgan fingerprint density at radius 2 is 2.20 bits per heavy atom. The lowest BCUT2D eigenvalue weighted by molar-refractivity contribution is 0.283. The Labute approximate surface area is 88.6 Å². The molecule has 84 valence electrons. The van der Waals surface area contributed by atoms with Crippen LogP contribution < -0.4 is 5.32 Å². The van der Waals surface area contributed by atoms with E-state index >= 15 is 0 Å². The Hall–Kier alpha value is -1.13. The van der Waals surface area contributed by atoms with Gasteiger partial charge < -0.3 is 15.5 Å². The number of phenols is 1. The third kappa shape index (κ3) is 3.49. The zero-order valence-electron chi connectivity index (χ0n) is 8.70. The van der Waals surface area contributed by atoms with Crippen LogP contribution in [0.5, 0.6) is 5.75 Å². The van der Waals surface area contributed by atoms with Gasteiger partial charge in [-0.15, -0.1) is 0 Å². The van der Waals surface area contributed by atoms with E-state index < -0.39 is 5.82 Å². The van der Waals surface area contributed by atoms with Gasteiger partial charge in [-0.3, -0.25) is 0 Å². The van der Waals surface area contributed by atoms with E-state index in [2.05, 4.69) is 5.32 Å². The Bertz CT molecular complexity index is 317. The molecule has 1 rings (SSSR count). The van der Waals surface area contributed by atoms with Gasteiger partial charge in [0.1, 0.15) is 11.6 Å². The van der Waals surface area contributed by atoms with Crippen LogP contribution in [-0.2, 0) is 0 Å². The Balaban J connectivity index is 2.61. The third-order valence-electron chi connectivity index (χ3n) is 2.24. The first kappa shape index (κ1) is 11.9. The summed E-state index contributed by atoms with van der Waals surface area (Å²) < 4.78 is 12.7. The second-order valence-electron chi connectivity index (χ2n) is 3.46. The van der Waals surface area contributed by atoms with Gasteiger partial charge in [0.2, 0.25) is 0 Å². The number of nitrogens with one attached hydrogen (secondary N) is 1. The van der Waals surface area contributed by atoms with Crippen LogP contribution in [0.3, 0.4) is 0 Å². The minimum Gasteiger partial charge on any atom is -0.508 e. The van der Waals surface area contributed by atoms with E-state index in [1.165, 1.54) is 6.07 Å². The molecule has 3 N–H and O–H groups in total. The molecule has 0 aliphatic carbocycles. The SMILES string of the molecule is C[C@@H](NCCCO)c1ccc(F)cc1O. The first-order valence-electron chi connectivity index (χ1n) is 4.98. The zero-order chi connectivity index (χ0) is 11.3. The lowest BCUT2D eigenvalue weighted by atomic mass is 10.1. The monoisotopic (exact) mass is 213 g/mol. The second kappa shape index (κ2) is 5.68. The molecule has 0 bridgehead atoms. The van der Waals surface area contributed by atoms with Crippen molar-refractivity contribution in [2.45, 2.75) is 19.4 Å². The number of phenolic OH excluding ortho intramolecular Hbond substituents is 1. The Morgan fingerprint density at radius 1 is 1.47 bits per heavy atom. The first-order valence-corrected chi connectivity index (χ1v) is 4.98. The molecular formula is C11H16FNO2. The quantitative estimate of drug-likeness (QED) is 0.651. The highest BCUT2D eigenvalue weighted by Crippen LogP contribution is 2.24.